The Morgan fingerprint density at radius 2 is 1.41 bits per heavy atom. The fraction of sp³-hybridized carbons (Fsp3) is 0.294. The van der Waals surface area contributed by atoms with Crippen LogP contribution in [0.5, 0.6) is 0 Å². The van der Waals surface area contributed by atoms with Crippen molar-refractivity contribution in [3.63, 3.8) is 0 Å². The number of halogens is 2. The molecule has 0 aliphatic heterocycles. The van der Waals surface area contributed by atoms with Gasteiger partial charge in [-0.05, 0) is 16.3 Å². The molecule has 0 fully saturated rings. The smallest absolute Gasteiger partial charge is 1.00 e. The summed E-state index contributed by atoms with van der Waals surface area (Å²) in [4.78, 5) is 0. The van der Waals surface area contributed by atoms with E-state index in [0.29, 0.717) is 0 Å². The van der Waals surface area contributed by atoms with E-state index in [1.807, 2.05) is 0 Å². The molecule has 0 N–H and O–H groups in total. The molecule has 2 unspecified atom stereocenters. The third-order valence-electron chi connectivity index (χ3n) is 3.48. The molecule has 5 heteroatoms. The number of benzene rings is 1. The third-order valence-corrected chi connectivity index (χ3v) is 5.10. The van der Waals surface area contributed by atoms with Crippen LogP contribution >= 0.6 is 8.58 Å². The van der Waals surface area contributed by atoms with Gasteiger partial charge in [0.15, 0.2) is 0 Å². The van der Waals surface area contributed by atoms with Gasteiger partial charge in [-0.25, -0.2) is 5.57 Å². The second-order valence-electron chi connectivity index (χ2n) is 4.62. The van der Waals surface area contributed by atoms with E-state index in [-0.39, 0.29) is 77.5 Å². The predicted octanol–water partition coefficient (Wildman–Crippen LogP) is -2.70. The summed E-state index contributed by atoms with van der Waals surface area (Å²) in [5, 5.41) is 1.54. The minimum atomic E-state index is 0. The largest absolute Gasteiger partial charge is 2.00 e. The SMILES string of the molecule is CC1=[C-]C(C)(Pc2ccccc2)C(C)=C1C.[CH3-].[CH3-].[Cl-].[Cl-].[SiH4].[Ti+2]. The molecule has 0 amide bonds. The number of allylic oxidation sites excluding steroid dienone is 4. The van der Waals surface area contributed by atoms with Gasteiger partial charge in [-0.15, -0.1) is 6.92 Å². The zero-order valence-electron chi connectivity index (χ0n) is 13.6. The van der Waals surface area contributed by atoms with Crippen LogP contribution in [-0.4, -0.2) is 16.1 Å². The van der Waals surface area contributed by atoms with Gasteiger partial charge in [0, 0.05) is 0 Å². The van der Waals surface area contributed by atoms with Gasteiger partial charge in [0.1, 0.15) is 0 Å². The van der Waals surface area contributed by atoms with Crippen molar-refractivity contribution in [2.24, 2.45) is 0 Å². The molecule has 0 radical (unpaired) electrons. The van der Waals surface area contributed by atoms with E-state index < -0.39 is 0 Å². The molecule has 0 saturated carbocycles. The molecule has 2 rings (SSSR count). The molecule has 0 heterocycles. The summed E-state index contributed by atoms with van der Waals surface area (Å²) in [6, 6.07) is 10.7. The van der Waals surface area contributed by atoms with Crippen LogP contribution in [0.3, 0.4) is 0 Å². The topological polar surface area (TPSA) is 0 Å². The van der Waals surface area contributed by atoms with E-state index in [9.17, 15) is 0 Å². The van der Waals surface area contributed by atoms with Crippen LogP contribution in [0, 0.1) is 20.9 Å². The fourth-order valence-electron chi connectivity index (χ4n) is 2.15. The van der Waals surface area contributed by atoms with Crippen LogP contribution in [0.15, 0.2) is 47.1 Å². The first-order valence-electron chi connectivity index (χ1n) is 5.66. The summed E-state index contributed by atoms with van der Waals surface area (Å²) in [5.41, 5.74) is 4.22. The van der Waals surface area contributed by atoms with Crippen molar-refractivity contribution < 1.29 is 46.5 Å². The monoisotopic (exact) mass is 409 g/mol. The normalized spacial score (nSPS) is 18.6. The van der Waals surface area contributed by atoms with Crippen molar-refractivity contribution in [1.82, 2.24) is 0 Å². The van der Waals surface area contributed by atoms with Gasteiger partial charge in [-0.2, -0.15) is 11.1 Å². The van der Waals surface area contributed by atoms with Crippen molar-refractivity contribution in [2.75, 3.05) is 0 Å². The Kier molecular flexibility index (Phi) is 21.7. The second-order valence-corrected chi connectivity index (χ2v) is 6.44. The van der Waals surface area contributed by atoms with E-state index in [0.717, 1.165) is 8.58 Å². The minimum absolute atomic E-state index is 0. The average molecular weight is 410 g/mol. The molecule has 0 saturated heterocycles. The van der Waals surface area contributed by atoms with Crippen LogP contribution in [0.2, 0.25) is 0 Å². The summed E-state index contributed by atoms with van der Waals surface area (Å²) in [5.74, 6) is 0. The molecule has 126 valence electrons. The van der Waals surface area contributed by atoms with Crippen LogP contribution < -0.4 is 30.1 Å². The zero-order chi connectivity index (χ0) is 11.8. The van der Waals surface area contributed by atoms with E-state index in [2.05, 4.69) is 64.1 Å². The first kappa shape index (κ1) is 34.1. The molecule has 0 nitrogen and oxygen atoms in total. The molecule has 0 aromatic heterocycles. The van der Waals surface area contributed by atoms with Crippen LogP contribution in [-0.2, 0) is 21.7 Å². The van der Waals surface area contributed by atoms with Gasteiger partial charge < -0.3 is 39.7 Å². The summed E-state index contributed by atoms with van der Waals surface area (Å²) in [6.07, 6.45) is 3.63. The van der Waals surface area contributed by atoms with E-state index in [4.69, 9.17) is 0 Å². The van der Waals surface area contributed by atoms with Crippen molar-refractivity contribution in [1.29, 1.82) is 0 Å². The van der Waals surface area contributed by atoms with Gasteiger partial charge >= 0.3 is 21.7 Å². The Labute approximate surface area is 171 Å². The Morgan fingerprint density at radius 3 is 1.77 bits per heavy atom. The van der Waals surface area contributed by atoms with E-state index in [1.54, 1.807) is 0 Å². The molecule has 2 atom stereocenters. The fourth-order valence-corrected chi connectivity index (χ4v) is 3.72. The average Bonchev–Trinajstić information content (AvgIpc) is 2.44. The van der Waals surface area contributed by atoms with E-state index >= 15 is 0 Å². The molecule has 1 aliphatic rings. The molecule has 22 heavy (non-hydrogen) atoms. The van der Waals surface area contributed by atoms with Crippen LogP contribution in [0.25, 0.3) is 0 Å². The first-order valence-corrected chi connectivity index (χ1v) is 6.66. The van der Waals surface area contributed by atoms with Crippen LogP contribution in [0.1, 0.15) is 27.7 Å². The molecule has 0 bridgehead atoms. The van der Waals surface area contributed by atoms with Gasteiger partial charge in [-0.3, -0.25) is 6.08 Å². The standard InChI is InChI=1S/C15H18P.2CH3.2ClH.H4Si.Ti/c1-11-10-15(4,13(3)12(11)2)16-14-8-6-5-7-9-14;;;;;;/h5-9,16H,1-4H3;2*1H3;2*1H;1H4;/q3*-1;;;;+2/p-2. The summed E-state index contributed by atoms with van der Waals surface area (Å²) < 4.78 is 0. The Bertz CT molecular complexity index is 475. The van der Waals surface area contributed by atoms with Gasteiger partial charge in [-0.1, -0.05) is 64.8 Å². The summed E-state index contributed by atoms with van der Waals surface area (Å²) >= 11 is 0. The Morgan fingerprint density at radius 1 is 0.955 bits per heavy atom. The Balaban J connectivity index is -0.000000161. The quantitative estimate of drug-likeness (QED) is 0.283. The third kappa shape index (κ3) is 7.47. The van der Waals surface area contributed by atoms with E-state index in [1.165, 1.54) is 22.0 Å². The molecule has 1 aromatic carbocycles. The maximum absolute atomic E-state index is 3.63. The first-order chi connectivity index (χ1) is 7.53. The molecule has 0 spiro atoms. The molecule has 1 aliphatic carbocycles. The van der Waals surface area contributed by atoms with Crippen molar-refractivity contribution in [2.45, 2.75) is 32.9 Å². The van der Waals surface area contributed by atoms with Crippen molar-refractivity contribution in [3.05, 3.63) is 68.0 Å². The number of hydrogen-bond acceptors (Lipinski definition) is 0. The summed E-state index contributed by atoms with van der Waals surface area (Å²) in [7, 11) is 0.774. The predicted molar refractivity (Wildman–Crippen MR) is 97.8 cm³/mol. The second kappa shape index (κ2) is 14.0. The minimum Gasteiger partial charge on any atom is -1.00 e. The maximum atomic E-state index is 3.63. The number of hydrogen-bond donors (Lipinski definition) is 0. The molecule has 1 aromatic rings. The molecular formula is C17H28Cl2PSiTi-3. The Hall–Kier alpha value is 0.641. The van der Waals surface area contributed by atoms with Gasteiger partial charge in [0.05, 0.1) is 0 Å². The van der Waals surface area contributed by atoms with Crippen LogP contribution in [0.4, 0.5) is 0 Å². The van der Waals surface area contributed by atoms with Gasteiger partial charge in [0.2, 0.25) is 0 Å². The maximum Gasteiger partial charge on any atom is 2.00 e. The summed E-state index contributed by atoms with van der Waals surface area (Å²) in [6.45, 7) is 8.92. The van der Waals surface area contributed by atoms with Crippen molar-refractivity contribution in [3.8, 4) is 0 Å². The van der Waals surface area contributed by atoms with Gasteiger partial charge in [0.25, 0.3) is 0 Å². The zero-order valence-corrected chi connectivity index (χ0v) is 17.7. The van der Waals surface area contributed by atoms with Crippen molar-refractivity contribution >= 4 is 24.9 Å². The number of rotatable bonds is 2. The molecular weight excluding hydrogens is 382 g/mol.